The number of anilines is 1. The zero-order chi connectivity index (χ0) is 20.2. The highest BCUT2D eigenvalue weighted by Crippen LogP contribution is 2.33. The van der Waals surface area contributed by atoms with Crippen LogP contribution in [0.15, 0.2) is 60.7 Å². The van der Waals surface area contributed by atoms with Gasteiger partial charge in [0.2, 0.25) is 0 Å². The van der Waals surface area contributed by atoms with E-state index in [0.29, 0.717) is 19.4 Å². The van der Waals surface area contributed by atoms with Gasteiger partial charge in [0.1, 0.15) is 16.5 Å². The van der Waals surface area contributed by atoms with Crippen LogP contribution in [0.25, 0.3) is 10.2 Å². The lowest BCUT2D eigenvalue weighted by molar-refractivity contribution is 0.188. The molecule has 5 heteroatoms. The lowest BCUT2D eigenvalue weighted by atomic mass is 10.1. The molecular weight excluding hydrogens is 378 g/mol. The summed E-state index contributed by atoms with van der Waals surface area (Å²) in [4.78, 5) is 11.9. The SMILES string of the molecule is Cc1sc2nc(Cc3ccccc3)nc(NCC(O)Cc3ccccc3)c2c1C. The van der Waals surface area contributed by atoms with E-state index in [-0.39, 0.29) is 0 Å². The van der Waals surface area contributed by atoms with Gasteiger partial charge >= 0.3 is 0 Å². The number of rotatable bonds is 7. The summed E-state index contributed by atoms with van der Waals surface area (Å²) in [6.45, 7) is 4.67. The van der Waals surface area contributed by atoms with E-state index in [2.05, 4.69) is 31.3 Å². The summed E-state index contributed by atoms with van der Waals surface area (Å²) in [5, 5.41) is 15.0. The lowest BCUT2D eigenvalue weighted by Gasteiger charge is -2.14. The van der Waals surface area contributed by atoms with Gasteiger partial charge in [-0.25, -0.2) is 9.97 Å². The van der Waals surface area contributed by atoms with E-state index >= 15 is 0 Å². The maximum Gasteiger partial charge on any atom is 0.138 e. The molecule has 2 aromatic carbocycles. The summed E-state index contributed by atoms with van der Waals surface area (Å²) in [7, 11) is 0. The van der Waals surface area contributed by atoms with Crippen molar-refractivity contribution in [3.05, 3.63) is 88.1 Å². The summed E-state index contributed by atoms with van der Waals surface area (Å²) in [6.07, 6.45) is 0.814. The minimum atomic E-state index is -0.486. The van der Waals surface area contributed by atoms with Crippen molar-refractivity contribution < 1.29 is 5.11 Å². The van der Waals surface area contributed by atoms with Crippen LogP contribution in [-0.2, 0) is 12.8 Å². The van der Waals surface area contributed by atoms with Gasteiger partial charge in [0.15, 0.2) is 0 Å². The molecule has 29 heavy (non-hydrogen) atoms. The zero-order valence-corrected chi connectivity index (χ0v) is 17.5. The van der Waals surface area contributed by atoms with Crippen LogP contribution in [0.1, 0.15) is 27.4 Å². The number of nitrogens with zero attached hydrogens (tertiary/aromatic N) is 2. The molecule has 0 aliphatic rings. The molecule has 4 nitrogen and oxygen atoms in total. The van der Waals surface area contributed by atoms with Crippen LogP contribution >= 0.6 is 11.3 Å². The Morgan fingerprint density at radius 1 is 0.931 bits per heavy atom. The van der Waals surface area contributed by atoms with Gasteiger partial charge in [-0.15, -0.1) is 11.3 Å². The number of aryl methyl sites for hydroxylation is 2. The molecule has 0 spiro atoms. The zero-order valence-electron chi connectivity index (χ0n) is 16.7. The number of benzene rings is 2. The Kier molecular flexibility index (Phi) is 5.88. The summed E-state index contributed by atoms with van der Waals surface area (Å²) in [5.74, 6) is 1.61. The molecule has 2 N–H and O–H groups in total. The predicted molar refractivity (Wildman–Crippen MR) is 121 cm³/mol. The quantitative estimate of drug-likeness (QED) is 0.460. The first-order valence-electron chi connectivity index (χ1n) is 9.86. The van der Waals surface area contributed by atoms with Gasteiger partial charge in [0, 0.05) is 24.3 Å². The Labute approximate surface area is 175 Å². The van der Waals surface area contributed by atoms with E-state index in [0.717, 1.165) is 27.4 Å². The van der Waals surface area contributed by atoms with Crippen molar-refractivity contribution in [2.45, 2.75) is 32.8 Å². The van der Waals surface area contributed by atoms with E-state index in [9.17, 15) is 5.11 Å². The van der Waals surface area contributed by atoms with Crippen molar-refractivity contribution in [2.75, 3.05) is 11.9 Å². The van der Waals surface area contributed by atoms with Crippen LogP contribution in [0.5, 0.6) is 0 Å². The number of thiophene rings is 1. The molecule has 1 atom stereocenters. The van der Waals surface area contributed by atoms with Gasteiger partial charge < -0.3 is 10.4 Å². The molecular formula is C24H25N3OS. The molecule has 4 rings (SSSR count). The number of aromatic nitrogens is 2. The average molecular weight is 404 g/mol. The Hall–Kier alpha value is -2.76. The third-order valence-electron chi connectivity index (χ3n) is 5.10. The molecule has 2 heterocycles. The van der Waals surface area contributed by atoms with E-state index < -0.39 is 6.10 Å². The normalized spacial score (nSPS) is 12.2. The maximum absolute atomic E-state index is 10.5. The van der Waals surface area contributed by atoms with Crippen molar-refractivity contribution >= 4 is 27.4 Å². The van der Waals surface area contributed by atoms with E-state index in [1.807, 2.05) is 48.5 Å². The lowest BCUT2D eigenvalue weighted by Crippen LogP contribution is -2.22. The van der Waals surface area contributed by atoms with Gasteiger partial charge in [0.25, 0.3) is 0 Å². The van der Waals surface area contributed by atoms with Crippen molar-refractivity contribution in [1.82, 2.24) is 9.97 Å². The molecule has 2 aromatic heterocycles. The second-order valence-corrected chi connectivity index (χ2v) is 8.54. The Balaban J connectivity index is 1.57. The first-order chi connectivity index (χ1) is 14.1. The van der Waals surface area contributed by atoms with Crippen molar-refractivity contribution in [3.8, 4) is 0 Å². The summed E-state index contributed by atoms with van der Waals surface area (Å²) < 4.78 is 0. The van der Waals surface area contributed by atoms with Crippen molar-refractivity contribution in [2.24, 2.45) is 0 Å². The monoisotopic (exact) mass is 403 g/mol. The van der Waals surface area contributed by atoms with Crippen LogP contribution in [0.3, 0.4) is 0 Å². The largest absolute Gasteiger partial charge is 0.391 e. The summed E-state index contributed by atoms with van der Waals surface area (Å²) >= 11 is 1.70. The molecule has 0 aliphatic carbocycles. The second kappa shape index (κ2) is 8.72. The fourth-order valence-corrected chi connectivity index (χ4v) is 4.50. The third-order valence-corrected chi connectivity index (χ3v) is 6.20. The van der Waals surface area contributed by atoms with Crippen LogP contribution in [0.2, 0.25) is 0 Å². The highest BCUT2D eigenvalue weighted by molar-refractivity contribution is 7.18. The third kappa shape index (κ3) is 4.63. The first-order valence-corrected chi connectivity index (χ1v) is 10.7. The van der Waals surface area contributed by atoms with Crippen LogP contribution < -0.4 is 5.32 Å². The van der Waals surface area contributed by atoms with Gasteiger partial charge in [0.05, 0.1) is 11.5 Å². The highest BCUT2D eigenvalue weighted by Gasteiger charge is 2.16. The van der Waals surface area contributed by atoms with Crippen LogP contribution in [0.4, 0.5) is 5.82 Å². The molecule has 0 saturated heterocycles. The van der Waals surface area contributed by atoms with Gasteiger partial charge in [-0.3, -0.25) is 0 Å². The fraction of sp³-hybridized carbons (Fsp3) is 0.250. The molecule has 0 fully saturated rings. The molecule has 0 bridgehead atoms. The topological polar surface area (TPSA) is 58.0 Å². The highest BCUT2D eigenvalue weighted by atomic mass is 32.1. The minimum Gasteiger partial charge on any atom is -0.391 e. The standard InChI is InChI=1S/C24H25N3OS/c1-16-17(2)29-24-22(16)23(25-15-20(28)13-18-9-5-3-6-10-18)26-21(27-24)14-19-11-7-4-8-12-19/h3-12,20,28H,13-15H2,1-2H3,(H,25,26,27). The molecule has 4 aromatic rings. The average Bonchev–Trinajstić information content (AvgIpc) is 3.01. The molecule has 0 saturated carbocycles. The van der Waals surface area contributed by atoms with Gasteiger partial charge in [-0.1, -0.05) is 60.7 Å². The molecule has 0 amide bonds. The fourth-order valence-electron chi connectivity index (χ4n) is 3.45. The van der Waals surface area contributed by atoms with E-state index in [1.165, 1.54) is 16.0 Å². The summed E-state index contributed by atoms with van der Waals surface area (Å²) in [5.41, 5.74) is 3.52. The predicted octanol–water partition coefficient (Wildman–Crippen LogP) is 4.91. The molecule has 0 aliphatic heterocycles. The first kappa shape index (κ1) is 19.6. The van der Waals surface area contributed by atoms with E-state index in [1.54, 1.807) is 11.3 Å². The van der Waals surface area contributed by atoms with Crippen LogP contribution in [-0.4, -0.2) is 27.7 Å². The Morgan fingerprint density at radius 2 is 1.59 bits per heavy atom. The van der Waals surface area contributed by atoms with Crippen LogP contribution in [0, 0.1) is 13.8 Å². The Bertz CT molecular complexity index is 1090. The number of hydrogen-bond donors (Lipinski definition) is 2. The Morgan fingerprint density at radius 3 is 2.28 bits per heavy atom. The minimum absolute atomic E-state index is 0.445. The number of fused-ring (bicyclic) bond motifs is 1. The number of aliphatic hydroxyl groups excluding tert-OH is 1. The molecule has 148 valence electrons. The van der Waals surface area contributed by atoms with E-state index in [4.69, 9.17) is 9.97 Å². The summed E-state index contributed by atoms with van der Waals surface area (Å²) in [6, 6.07) is 20.3. The number of hydrogen-bond acceptors (Lipinski definition) is 5. The van der Waals surface area contributed by atoms with Crippen molar-refractivity contribution in [1.29, 1.82) is 0 Å². The smallest absolute Gasteiger partial charge is 0.138 e. The van der Waals surface area contributed by atoms with Gasteiger partial charge in [-0.05, 0) is 30.5 Å². The maximum atomic E-state index is 10.5. The number of aliphatic hydroxyl groups is 1. The molecule has 0 radical (unpaired) electrons. The second-order valence-electron chi connectivity index (χ2n) is 7.34. The van der Waals surface area contributed by atoms with Crippen molar-refractivity contribution in [3.63, 3.8) is 0 Å². The number of nitrogens with one attached hydrogen (secondary N) is 1. The van der Waals surface area contributed by atoms with Gasteiger partial charge in [-0.2, -0.15) is 0 Å². The molecule has 1 unspecified atom stereocenters.